The molecule has 1 aromatic heterocycles. The fourth-order valence-corrected chi connectivity index (χ4v) is 5.62. The van der Waals surface area contributed by atoms with E-state index in [0.29, 0.717) is 6.04 Å². The van der Waals surface area contributed by atoms with Crippen molar-refractivity contribution < 1.29 is 9.15 Å². The lowest BCUT2D eigenvalue weighted by molar-refractivity contribution is 0.159. The predicted molar refractivity (Wildman–Crippen MR) is 130 cm³/mol. The van der Waals surface area contributed by atoms with Crippen molar-refractivity contribution in [2.24, 2.45) is 0 Å². The van der Waals surface area contributed by atoms with Gasteiger partial charge in [0.2, 0.25) is 5.89 Å². The summed E-state index contributed by atoms with van der Waals surface area (Å²) in [6.45, 7) is 1.07. The number of likely N-dealkylation sites (tertiary alicyclic amines) is 1. The molecule has 0 spiro atoms. The van der Waals surface area contributed by atoms with Crippen molar-refractivity contribution in [3.8, 4) is 28.3 Å². The van der Waals surface area contributed by atoms with Crippen molar-refractivity contribution in [3.63, 3.8) is 0 Å². The van der Waals surface area contributed by atoms with Gasteiger partial charge in [-0.05, 0) is 49.4 Å². The van der Waals surface area contributed by atoms with Crippen LogP contribution in [-0.2, 0) is 6.42 Å². The van der Waals surface area contributed by atoms with Crippen molar-refractivity contribution in [1.29, 1.82) is 0 Å². The Morgan fingerprint density at radius 2 is 1.61 bits per heavy atom. The number of benzene rings is 3. The average Bonchev–Trinajstić information content (AvgIpc) is 3.62. The van der Waals surface area contributed by atoms with Gasteiger partial charge < -0.3 is 9.15 Å². The number of nitrogens with zero attached hydrogens (tertiary/aromatic N) is 2. The minimum Gasteiger partial charge on any atom is -0.496 e. The first-order valence-electron chi connectivity index (χ1n) is 11.9. The minimum absolute atomic E-state index is 0.187. The summed E-state index contributed by atoms with van der Waals surface area (Å²) in [6, 6.07) is 27.8. The van der Waals surface area contributed by atoms with Gasteiger partial charge in [0, 0.05) is 17.2 Å². The molecule has 2 atom stereocenters. The summed E-state index contributed by atoms with van der Waals surface area (Å²) in [6.07, 6.45) is 4.40. The second kappa shape index (κ2) is 8.53. The predicted octanol–water partition coefficient (Wildman–Crippen LogP) is 6.84. The lowest BCUT2D eigenvalue weighted by atomic mass is 10.0. The van der Waals surface area contributed by atoms with E-state index in [9.17, 15) is 0 Å². The molecule has 4 heteroatoms. The van der Waals surface area contributed by atoms with Gasteiger partial charge in [0.05, 0.1) is 13.2 Å². The molecule has 166 valence electrons. The van der Waals surface area contributed by atoms with E-state index >= 15 is 0 Å². The number of methoxy groups -OCH3 is 1. The lowest BCUT2D eigenvalue weighted by Gasteiger charge is -2.29. The number of hydrogen-bond donors (Lipinski definition) is 0. The highest BCUT2D eigenvalue weighted by Crippen LogP contribution is 2.47. The van der Waals surface area contributed by atoms with Gasteiger partial charge in [0.1, 0.15) is 11.4 Å². The van der Waals surface area contributed by atoms with E-state index in [-0.39, 0.29) is 6.04 Å². The highest BCUT2D eigenvalue weighted by Gasteiger charge is 2.39. The van der Waals surface area contributed by atoms with Crippen LogP contribution in [0.25, 0.3) is 22.6 Å². The summed E-state index contributed by atoms with van der Waals surface area (Å²) in [5.74, 6) is 2.71. The average molecular weight is 437 g/mol. The van der Waals surface area contributed by atoms with E-state index in [1.54, 1.807) is 7.11 Å². The second-order valence-electron chi connectivity index (χ2n) is 8.94. The van der Waals surface area contributed by atoms with E-state index in [0.717, 1.165) is 66.4 Å². The fourth-order valence-electron chi connectivity index (χ4n) is 5.62. The summed E-state index contributed by atoms with van der Waals surface area (Å²) in [5, 5.41) is 0. The van der Waals surface area contributed by atoms with E-state index in [4.69, 9.17) is 14.1 Å². The first-order valence-corrected chi connectivity index (χ1v) is 11.9. The Morgan fingerprint density at radius 3 is 2.36 bits per heavy atom. The second-order valence-corrected chi connectivity index (χ2v) is 8.94. The van der Waals surface area contributed by atoms with Crippen LogP contribution in [0.3, 0.4) is 0 Å². The third-order valence-corrected chi connectivity index (χ3v) is 7.12. The van der Waals surface area contributed by atoms with Gasteiger partial charge in [-0.3, -0.25) is 4.90 Å². The Labute approximate surface area is 194 Å². The van der Waals surface area contributed by atoms with Gasteiger partial charge >= 0.3 is 0 Å². The number of hydrogen-bond acceptors (Lipinski definition) is 4. The van der Waals surface area contributed by atoms with Crippen molar-refractivity contribution in [1.82, 2.24) is 9.88 Å². The van der Waals surface area contributed by atoms with Crippen LogP contribution in [0.5, 0.6) is 5.75 Å². The maximum absolute atomic E-state index is 6.58. The third kappa shape index (κ3) is 3.55. The van der Waals surface area contributed by atoms with E-state index in [1.807, 2.05) is 12.1 Å². The van der Waals surface area contributed by atoms with Gasteiger partial charge in [-0.1, -0.05) is 72.8 Å². The molecule has 1 saturated heterocycles. The van der Waals surface area contributed by atoms with Crippen molar-refractivity contribution in [3.05, 3.63) is 95.9 Å². The van der Waals surface area contributed by atoms with Gasteiger partial charge in [0.15, 0.2) is 5.76 Å². The highest BCUT2D eigenvalue weighted by molar-refractivity contribution is 5.76. The van der Waals surface area contributed by atoms with Crippen molar-refractivity contribution in [2.75, 3.05) is 13.7 Å². The van der Waals surface area contributed by atoms with Crippen LogP contribution >= 0.6 is 0 Å². The monoisotopic (exact) mass is 436 g/mol. The van der Waals surface area contributed by atoms with Gasteiger partial charge in [0.25, 0.3) is 0 Å². The number of fused-ring (bicyclic) bond motifs is 1. The first-order chi connectivity index (χ1) is 16.3. The van der Waals surface area contributed by atoms with Crippen LogP contribution in [0.15, 0.2) is 83.3 Å². The number of oxazole rings is 1. The van der Waals surface area contributed by atoms with Crippen LogP contribution in [0, 0.1) is 0 Å². The minimum atomic E-state index is 0.187. The Hall–Kier alpha value is -3.37. The molecule has 0 N–H and O–H groups in total. The highest BCUT2D eigenvalue weighted by atomic mass is 16.5. The summed E-state index contributed by atoms with van der Waals surface area (Å²) in [7, 11) is 1.77. The zero-order valence-electron chi connectivity index (χ0n) is 18.9. The Morgan fingerprint density at radius 1 is 0.848 bits per heavy atom. The molecule has 2 unspecified atom stereocenters. The summed E-state index contributed by atoms with van der Waals surface area (Å²) >= 11 is 0. The Balaban J connectivity index is 1.40. The normalized spacial score (nSPS) is 20.2. The molecule has 3 aromatic carbocycles. The molecule has 1 fully saturated rings. The smallest absolute Gasteiger partial charge is 0.212 e. The molecular formula is C29H28N2O2. The zero-order valence-corrected chi connectivity index (χ0v) is 18.9. The van der Waals surface area contributed by atoms with Gasteiger partial charge in [-0.25, -0.2) is 4.98 Å². The summed E-state index contributed by atoms with van der Waals surface area (Å²) < 4.78 is 12.2. The maximum atomic E-state index is 6.58. The SMILES string of the molecule is COc1cccc2c1CCC2N1CCCC1c1nc(-c2ccccc2)c(-c2ccccc2)o1. The molecule has 1 aliphatic carbocycles. The largest absolute Gasteiger partial charge is 0.496 e. The molecular weight excluding hydrogens is 408 g/mol. The van der Waals surface area contributed by atoms with E-state index < -0.39 is 0 Å². The number of ether oxygens (including phenoxy) is 1. The molecule has 4 nitrogen and oxygen atoms in total. The van der Waals surface area contributed by atoms with Gasteiger partial charge in [-0.2, -0.15) is 0 Å². The molecule has 1 aliphatic heterocycles. The molecule has 2 heterocycles. The molecule has 2 aliphatic rings. The topological polar surface area (TPSA) is 38.5 Å². The molecule has 0 amide bonds. The van der Waals surface area contributed by atoms with E-state index in [1.165, 1.54) is 11.1 Å². The molecule has 6 rings (SSSR count). The van der Waals surface area contributed by atoms with Crippen LogP contribution in [0.1, 0.15) is 48.4 Å². The Kier molecular flexibility index (Phi) is 5.23. The molecule has 0 saturated carbocycles. The summed E-state index contributed by atoms with van der Waals surface area (Å²) in [4.78, 5) is 7.73. The van der Waals surface area contributed by atoms with Crippen molar-refractivity contribution in [2.45, 2.75) is 37.8 Å². The maximum Gasteiger partial charge on any atom is 0.212 e. The van der Waals surface area contributed by atoms with Gasteiger partial charge in [-0.15, -0.1) is 0 Å². The molecule has 4 aromatic rings. The lowest BCUT2D eigenvalue weighted by Crippen LogP contribution is -2.27. The molecule has 33 heavy (non-hydrogen) atoms. The Bertz CT molecular complexity index is 1190. The zero-order chi connectivity index (χ0) is 22.2. The van der Waals surface area contributed by atoms with Crippen LogP contribution in [0.2, 0.25) is 0 Å². The number of aromatic nitrogens is 1. The third-order valence-electron chi connectivity index (χ3n) is 7.12. The van der Waals surface area contributed by atoms with Crippen LogP contribution in [-0.4, -0.2) is 23.5 Å². The van der Waals surface area contributed by atoms with E-state index in [2.05, 4.69) is 71.6 Å². The summed E-state index contributed by atoms with van der Waals surface area (Å²) in [5.41, 5.74) is 5.84. The standard InChI is InChI=1S/C29H28N2O2/c1-32-26-16-8-14-22-23(26)17-18-24(22)31-19-9-15-25(31)29-30-27(20-10-4-2-5-11-20)28(33-29)21-12-6-3-7-13-21/h2-8,10-14,16,24-25H,9,15,17-19H2,1H3. The molecule has 0 radical (unpaired) electrons. The van der Waals surface area contributed by atoms with Crippen LogP contribution in [0.4, 0.5) is 0 Å². The molecule has 0 bridgehead atoms. The van der Waals surface area contributed by atoms with Crippen LogP contribution < -0.4 is 4.74 Å². The van der Waals surface area contributed by atoms with Crippen molar-refractivity contribution >= 4 is 0 Å². The number of rotatable bonds is 5. The first kappa shape index (κ1) is 20.3. The fraction of sp³-hybridized carbons (Fsp3) is 0.276. The quantitative estimate of drug-likeness (QED) is 0.343.